The molecule has 0 aliphatic rings. The van der Waals surface area contributed by atoms with Crippen molar-refractivity contribution in [2.75, 3.05) is 0 Å². The molecule has 3 N–H and O–H groups in total. The highest BCUT2D eigenvalue weighted by molar-refractivity contribution is 6.30. The highest BCUT2D eigenvalue weighted by Gasteiger charge is 2.15. The molecule has 5 heteroatoms. The van der Waals surface area contributed by atoms with E-state index >= 15 is 0 Å². The van der Waals surface area contributed by atoms with Gasteiger partial charge in [0.15, 0.2) is 0 Å². The number of nitrogens with zero attached hydrogens (tertiary/aromatic N) is 1. The molecule has 0 spiro atoms. The minimum absolute atomic E-state index is 0.00848. The molecular formula is C17H15ClN2O2. The molecule has 3 aromatic rings. The van der Waals surface area contributed by atoms with E-state index in [1.165, 1.54) is 6.07 Å². The number of nitrogens with one attached hydrogen (secondary N) is 1. The Labute approximate surface area is 133 Å². The topological polar surface area (TPSA) is 69.1 Å². The lowest BCUT2D eigenvalue weighted by Crippen LogP contribution is -1.88. The Morgan fingerprint density at radius 2 is 1.77 bits per heavy atom. The second-order valence-electron chi connectivity index (χ2n) is 5.02. The summed E-state index contributed by atoms with van der Waals surface area (Å²) in [4.78, 5) is 0. The molecule has 4 nitrogen and oxygen atoms in total. The summed E-state index contributed by atoms with van der Waals surface area (Å²) in [6, 6.07) is 10.5. The van der Waals surface area contributed by atoms with Crippen molar-refractivity contribution in [2.24, 2.45) is 0 Å². The van der Waals surface area contributed by atoms with Crippen molar-refractivity contribution in [3.8, 4) is 33.9 Å². The fraction of sp³-hybridized carbons (Fsp3) is 0.118. The van der Waals surface area contributed by atoms with Gasteiger partial charge in [0, 0.05) is 22.2 Å². The number of hydrogen-bond donors (Lipinski definition) is 3. The van der Waals surface area contributed by atoms with Gasteiger partial charge in [0.05, 0.1) is 11.9 Å². The van der Waals surface area contributed by atoms with E-state index in [9.17, 15) is 10.2 Å². The van der Waals surface area contributed by atoms with Gasteiger partial charge in [0.1, 0.15) is 11.5 Å². The third kappa shape index (κ3) is 2.53. The zero-order chi connectivity index (χ0) is 15.7. The van der Waals surface area contributed by atoms with Gasteiger partial charge in [0.25, 0.3) is 0 Å². The number of halogens is 1. The van der Waals surface area contributed by atoms with Crippen LogP contribution in [0.4, 0.5) is 0 Å². The molecule has 0 radical (unpaired) electrons. The van der Waals surface area contributed by atoms with Crippen LogP contribution in [0.5, 0.6) is 11.5 Å². The predicted octanol–water partition coefficient (Wildman–Crippen LogP) is 4.37. The molecule has 1 aromatic heterocycles. The van der Waals surface area contributed by atoms with Gasteiger partial charge in [-0.2, -0.15) is 5.10 Å². The Bertz CT molecular complexity index is 810. The highest BCUT2D eigenvalue weighted by atomic mass is 35.5. The summed E-state index contributed by atoms with van der Waals surface area (Å²) in [5.74, 6) is 0.102. The average molecular weight is 315 g/mol. The smallest absolute Gasteiger partial charge is 0.128 e. The number of aryl methyl sites for hydroxylation is 1. The second-order valence-corrected chi connectivity index (χ2v) is 5.45. The van der Waals surface area contributed by atoms with Crippen LogP contribution in [0.15, 0.2) is 42.6 Å². The van der Waals surface area contributed by atoms with Crippen molar-refractivity contribution in [2.45, 2.75) is 13.3 Å². The Hall–Kier alpha value is -2.46. The van der Waals surface area contributed by atoms with E-state index < -0.39 is 0 Å². The number of phenols is 2. The predicted molar refractivity (Wildman–Crippen MR) is 87.2 cm³/mol. The van der Waals surface area contributed by atoms with Crippen LogP contribution in [0.2, 0.25) is 5.02 Å². The SMILES string of the molecule is CCc1cc(-c2[nH]ncc2-c2ccc(Cl)cc2)c(O)cc1O. The number of hydrogen-bond acceptors (Lipinski definition) is 3. The summed E-state index contributed by atoms with van der Waals surface area (Å²) < 4.78 is 0. The first-order chi connectivity index (χ1) is 10.6. The number of phenolic OH excluding ortho intramolecular Hbond substituents is 2. The van der Waals surface area contributed by atoms with E-state index in [0.29, 0.717) is 22.7 Å². The van der Waals surface area contributed by atoms with E-state index in [0.717, 1.165) is 16.7 Å². The molecular weight excluding hydrogens is 300 g/mol. The molecule has 0 aliphatic carbocycles. The van der Waals surface area contributed by atoms with Crippen LogP contribution in [0, 0.1) is 0 Å². The number of aromatic nitrogens is 2. The van der Waals surface area contributed by atoms with Crippen molar-refractivity contribution in [3.63, 3.8) is 0 Å². The molecule has 0 fully saturated rings. The quantitative estimate of drug-likeness (QED) is 0.672. The molecule has 2 aromatic carbocycles. The Kier molecular flexibility index (Phi) is 3.77. The van der Waals surface area contributed by atoms with Gasteiger partial charge in [-0.1, -0.05) is 30.7 Å². The minimum atomic E-state index is 0.00848. The maximum absolute atomic E-state index is 10.2. The maximum Gasteiger partial charge on any atom is 0.128 e. The van der Waals surface area contributed by atoms with Gasteiger partial charge in [-0.15, -0.1) is 0 Å². The van der Waals surface area contributed by atoms with E-state index in [1.807, 2.05) is 31.2 Å². The number of H-pyrrole nitrogens is 1. The third-order valence-electron chi connectivity index (χ3n) is 3.64. The number of benzene rings is 2. The van der Waals surface area contributed by atoms with E-state index in [2.05, 4.69) is 10.2 Å². The monoisotopic (exact) mass is 314 g/mol. The van der Waals surface area contributed by atoms with Crippen molar-refractivity contribution in [3.05, 3.63) is 53.2 Å². The van der Waals surface area contributed by atoms with Crippen molar-refractivity contribution < 1.29 is 10.2 Å². The minimum Gasteiger partial charge on any atom is -0.508 e. The third-order valence-corrected chi connectivity index (χ3v) is 3.89. The Morgan fingerprint density at radius 3 is 2.45 bits per heavy atom. The summed E-state index contributed by atoms with van der Waals surface area (Å²) in [7, 11) is 0. The second kappa shape index (κ2) is 5.73. The summed E-state index contributed by atoms with van der Waals surface area (Å²) in [6.07, 6.45) is 2.38. The van der Waals surface area contributed by atoms with Gasteiger partial charge in [0.2, 0.25) is 0 Å². The van der Waals surface area contributed by atoms with Crippen LogP contribution < -0.4 is 0 Å². The number of rotatable bonds is 3. The van der Waals surface area contributed by atoms with Gasteiger partial charge >= 0.3 is 0 Å². The van der Waals surface area contributed by atoms with Crippen LogP contribution >= 0.6 is 11.6 Å². The van der Waals surface area contributed by atoms with Crippen molar-refractivity contribution in [1.82, 2.24) is 10.2 Å². The lowest BCUT2D eigenvalue weighted by atomic mass is 9.98. The van der Waals surface area contributed by atoms with Gasteiger partial charge in [-0.25, -0.2) is 0 Å². The fourth-order valence-electron chi connectivity index (χ4n) is 2.45. The Balaban J connectivity index is 2.15. The van der Waals surface area contributed by atoms with Crippen LogP contribution in [0.1, 0.15) is 12.5 Å². The first-order valence-electron chi connectivity index (χ1n) is 6.94. The van der Waals surface area contributed by atoms with Crippen LogP contribution in [0.3, 0.4) is 0 Å². The molecule has 0 saturated carbocycles. The van der Waals surface area contributed by atoms with Crippen molar-refractivity contribution >= 4 is 11.6 Å². The van der Waals surface area contributed by atoms with E-state index in [4.69, 9.17) is 11.6 Å². The number of aromatic amines is 1. The molecule has 0 unspecified atom stereocenters. The normalized spacial score (nSPS) is 10.8. The molecule has 1 heterocycles. The largest absolute Gasteiger partial charge is 0.508 e. The molecule has 112 valence electrons. The average Bonchev–Trinajstić information content (AvgIpc) is 2.97. The maximum atomic E-state index is 10.2. The van der Waals surface area contributed by atoms with Crippen LogP contribution in [-0.2, 0) is 6.42 Å². The number of aromatic hydroxyl groups is 2. The molecule has 0 amide bonds. The lowest BCUT2D eigenvalue weighted by molar-refractivity contribution is 0.447. The lowest BCUT2D eigenvalue weighted by Gasteiger charge is -2.10. The first kappa shape index (κ1) is 14.5. The summed E-state index contributed by atoms with van der Waals surface area (Å²) in [5.41, 5.74) is 3.88. The molecule has 0 saturated heterocycles. The standard InChI is InChI=1S/C17H15ClN2O2/c1-2-10-7-13(16(22)8-15(10)21)17-14(9-19-20-17)11-3-5-12(18)6-4-11/h3-9,21-22H,2H2,1H3,(H,19,20). The van der Waals surface area contributed by atoms with E-state index in [-0.39, 0.29) is 11.5 Å². The molecule has 22 heavy (non-hydrogen) atoms. The van der Waals surface area contributed by atoms with Gasteiger partial charge < -0.3 is 10.2 Å². The zero-order valence-electron chi connectivity index (χ0n) is 12.0. The Morgan fingerprint density at radius 1 is 1.05 bits per heavy atom. The van der Waals surface area contributed by atoms with Crippen molar-refractivity contribution in [1.29, 1.82) is 0 Å². The first-order valence-corrected chi connectivity index (χ1v) is 7.32. The highest BCUT2D eigenvalue weighted by Crippen LogP contribution is 2.38. The van der Waals surface area contributed by atoms with Crippen LogP contribution in [-0.4, -0.2) is 20.4 Å². The van der Waals surface area contributed by atoms with Crippen LogP contribution in [0.25, 0.3) is 22.4 Å². The summed E-state index contributed by atoms with van der Waals surface area (Å²) in [5, 5.41) is 27.7. The summed E-state index contributed by atoms with van der Waals surface area (Å²) >= 11 is 5.92. The molecule has 0 bridgehead atoms. The van der Waals surface area contributed by atoms with Gasteiger partial charge in [-0.05, 0) is 35.7 Å². The fourth-order valence-corrected chi connectivity index (χ4v) is 2.57. The zero-order valence-corrected chi connectivity index (χ0v) is 12.7. The molecule has 0 atom stereocenters. The van der Waals surface area contributed by atoms with Gasteiger partial charge in [-0.3, -0.25) is 5.10 Å². The summed E-state index contributed by atoms with van der Waals surface area (Å²) in [6.45, 7) is 1.95. The van der Waals surface area contributed by atoms with E-state index in [1.54, 1.807) is 12.3 Å². The molecule has 3 rings (SSSR count). The molecule has 0 aliphatic heterocycles.